The lowest BCUT2D eigenvalue weighted by Gasteiger charge is -2.46. The van der Waals surface area contributed by atoms with Crippen molar-refractivity contribution in [2.45, 2.75) is 25.9 Å². The minimum Gasteiger partial charge on any atom is -0.386 e. The predicted octanol–water partition coefficient (Wildman–Crippen LogP) is 1.26. The molecule has 0 atom stereocenters. The number of hydrogen-bond donors (Lipinski definition) is 1. The van der Waals surface area contributed by atoms with Crippen LogP contribution >= 0.6 is 0 Å². The topological polar surface area (TPSA) is 79.5 Å². The Kier molecular flexibility index (Phi) is 2.74. The van der Waals surface area contributed by atoms with Crippen molar-refractivity contribution in [3.63, 3.8) is 0 Å². The number of nitro groups is 1. The molecule has 0 radical (unpaired) electrons. The van der Waals surface area contributed by atoms with E-state index in [0.29, 0.717) is 25.3 Å². The van der Waals surface area contributed by atoms with Gasteiger partial charge in [-0.05, 0) is 18.9 Å². The Morgan fingerprint density at radius 1 is 1.65 bits per heavy atom. The molecule has 92 valence electrons. The zero-order valence-corrected chi connectivity index (χ0v) is 9.88. The summed E-state index contributed by atoms with van der Waals surface area (Å²) in [5.41, 5.74) is 0.0374. The molecule has 0 aromatic carbocycles. The molecule has 0 amide bonds. The molecule has 1 aliphatic heterocycles. The Balaban J connectivity index is 2.26. The number of rotatable bonds is 3. The molecule has 1 aromatic rings. The van der Waals surface area contributed by atoms with Crippen LogP contribution in [-0.2, 0) is 0 Å². The maximum absolute atomic E-state index is 10.9. The van der Waals surface area contributed by atoms with Crippen molar-refractivity contribution in [1.82, 2.24) is 4.98 Å². The van der Waals surface area contributed by atoms with Gasteiger partial charge in [-0.3, -0.25) is 10.1 Å². The van der Waals surface area contributed by atoms with Crippen LogP contribution in [0.15, 0.2) is 12.3 Å². The molecule has 0 unspecified atom stereocenters. The van der Waals surface area contributed by atoms with E-state index in [1.54, 1.807) is 18.0 Å². The minimum atomic E-state index is -0.722. The second kappa shape index (κ2) is 3.96. The SMILES string of the molecule is CCC1(O)CN(c2ncc(C)cc2[N+](=O)[O-])C1. The van der Waals surface area contributed by atoms with E-state index in [9.17, 15) is 15.2 Å². The zero-order chi connectivity index (χ0) is 12.6. The first kappa shape index (κ1) is 11.8. The van der Waals surface area contributed by atoms with Crippen molar-refractivity contribution in [3.05, 3.63) is 27.9 Å². The van der Waals surface area contributed by atoms with Crippen LogP contribution in [0.25, 0.3) is 0 Å². The van der Waals surface area contributed by atoms with Crippen LogP contribution in [0.1, 0.15) is 18.9 Å². The highest BCUT2D eigenvalue weighted by atomic mass is 16.6. The van der Waals surface area contributed by atoms with Crippen LogP contribution in [0.4, 0.5) is 11.5 Å². The summed E-state index contributed by atoms with van der Waals surface area (Å²) in [7, 11) is 0. The van der Waals surface area contributed by atoms with Crippen molar-refractivity contribution in [3.8, 4) is 0 Å². The summed E-state index contributed by atoms with van der Waals surface area (Å²) in [5.74, 6) is 0.346. The van der Waals surface area contributed by atoms with Gasteiger partial charge in [-0.25, -0.2) is 4.98 Å². The summed E-state index contributed by atoms with van der Waals surface area (Å²) in [6, 6.07) is 1.51. The average Bonchev–Trinajstić information content (AvgIpc) is 2.25. The van der Waals surface area contributed by atoms with Crippen LogP contribution < -0.4 is 4.90 Å². The second-order valence-corrected chi connectivity index (χ2v) is 4.55. The van der Waals surface area contributed by atoms with Gasteiger partial charge in [0.1, 0.15) is 0 Å². The Hall–Kier alpha value is -1.69. The van der Waals surface area contributed by atoms with Gasteiger partial charge >= 0.3 is 5.69 Å². The molecule has 1 N–H and O–H groups in total. The highest BCUT2D eigenvalue weighted by molar-refractivity contribution is 5.60. The van der Waals surface area contributed by atoms with Gasteiger partial charge in [0.15, 0.2) is 0 Å². The summed E-state index contributed by atoms with van der Waals surface area (Å²) in [5, 5.41) is 20.8. The number of aromatic nitrogens is 1. The van der Waals surface area contributed by atoms with Crippen molar-refractivity contribution in [1.29, 1.82) is 0 Å². The molecule has 0 aliphatic carbocycles. The fraction of sp³-hybridized carbons (Fsp3) is 0.545. The Morgan fingerprint density at radius 2 is 2.29 bits per heavy atom. The summed E-state index contributed by atoms with van der Waals surface area (Å²) in [6.07, 6.45) is 2.24. The second-order valence-electron chi connectivity index (χ2n) is 4.55. The third-order valence-corrected chi connectivity index (χ3v) is 3.11. The van der Waals surface area contributed by atoms with Crippen LogP contribution in [-0.4, -0.2) is 33.7 Å². The van der Waals surface area contributed by atoms with Gasteiger partial charge in [0, 0.05) is 12.3 Å². The van der Waals surface area contributed by atoms with Gasteiger partial charge < -0.3 is 10.0 Å². The summed E-state index contributed by atoms with van der Waals surface area (Å²) < 4.78 is 0. The Labute approximate surface area is 99.0 Å². The molecule has 0 spiro atoms. The number of aliphatic hydroxyl groups is 1. The average molecular weight is 237 g/mol. The molecule has 1 saturated heterocycles. The molecule has 1 aromatic heterocycles. The van der Waals surface area contributed by atoms with E-state index in [2.05, 4.69) is 4.98 Å². The van der Waals surface area contributed by atoms with Crippen LogP contribution in [0, 0.1) is 17.0 Å². The van der Waals surface area contributed by atoms with Gasteiger partial charge in [0.25, 0.3) is 0 Å². The predicted molar refractivity (Wildman–Crippen MR) is 63.1 cm³/mol. The lowest BCUT2D eigenvalue weighted by Crippen LogP contribution is -2.62. The molecule has 6 heteroatoms. The Bertz CT molecular complexity index is 455. The molecule has 0 saturated carbocycles. The normalized spacial score (nSPS) is 17.7. The Morgan fingerprint density at radius 3 is 2.82 bits per heavy atom. The maximum atomic E-state index is 10.9. The fourth-order valence-electron chi connectivity index (χ4n) is 1.96. The van der Waals surface area contributed by atoms with Gasteiger partial charge in [-0.15, -0.1) is 0 Å². The number of anilines is 1. The molecular formula is C11H15N3O3. The van der Waals surface area contributed by atoms with Gasteiger partial charge in [-0.1, -0.05) is 6.92 Å². The van der Waals surface area contributed by atoms with E-state index in [0.717, 1.165) is 5.56 Å². The monoisotopic (exact) mass is 237 g/mol. The van der Waals surface area contributed by atoms with Gasteiger partial charge in [-0.2, -0.15) is 0 Å². The summed E-state index contributed by atoms with van der Waals surface area (Å²) >= 11 is 0. The van der Waals surface area contributed by atoms with Crippen LogP contribution in [0.5, 0.6) is 0 Å². The van der Waals surface area contributed by atoms with Crippen molar-refractivity contribution >= 4 is 11.5 Å². The largest absolute Gasteiger partial charge is 0.386 e. The zero-order valence-electron chi connectivity index (χ0n) is 9.88. The number of pyridine rings is 1. The quantitative estimate of drug-likeness (QED) is 0.632. The van der Waals surface area contributed by atoms with E-state index < -0.39 is 10.5 Å². The van der Waals surface area contributed by atoms with Crippen molar-refractivity contribution < 1.29 is 10.0 Å². The van der Waals surface area contributed by atoms with Gasteiger partial charge in [0.05, 0.1) is 23.6 Å². The van der Waals surface area contributed by atoms with E-state index in [1.165, 1.54) is 6.07 Å². The van der Waals surface area contributed by atoms with Crippen LogP contribution in [0.3, 0.4) is 0 Å². The summed E-state index contributed by atoms with van der Waals surface area (Å²) in [4.78, 5) is 16.3. The van der Waals surface area contributed by atoms with Crippen molar-refractivity contribution in [2.24, 2.45) is 0 Å². The molecule has 1 aliphatic rings. The van der Waals surface area contributed by atoms with E-state index >= 15 is 0 Å². The third kappa shape index (κ3) is 2.08. The number of β-amino-alcohol motifs (C(OH)–C–C–N with tert-alkyl or cyclic N) is 1. The van der Waals surface area contributed by atoms with E-state index in [1.807, 2.05) is 6.92 Å². The molecular weight excluding hydrogens is 222 g/mol. The van der Waals surface area contributed by atoms with Crippen LogP contribution in [0.2, 0.25) is 0 Å². The molecule has 6 nitrogen and oxygen atoms in total. The molecule has 1 fully saturated rings. The molecule has 17 heavy (non-hydrogen) atoms. The molecule has 2 heterocycles. The standard InChI is InChI=1S/C11H15N3O3/c1-3-11(15)6-13(7-11)10-9(14(16)17)4-8(2)5-12-10/h4-5,15H,3,6-7H2,1-2H3. The maximum Gasteiger partial charge on any atom is 0.311 e. The third-order valence-electron chi connectivity index (χ3n) is 3.11. The number of aryl methyl sites for hydroxylation is 1. The first-order valence-electron chi connectivity index (χ1n) is 5.53. The smallest absolute Gasteiger partial charge is 0.311 e. The lowest BCUT2D eigenvalue weighted by atomic mass is 9.91. The highest BCUT2D eigenvalue weighted by Gasteiger charge is 2.42. The van der Waals surface area contributed by atoms with E-state index in [-0.39, 0.29) is 5.69 Å². The first-order chi connectivity index (χ1) is 7.95. The number of nitrogens with zero attached hydrogens (tertiary/aromatic N) is 3. The van der Waals surface area contributed by atoms with E-state index in [4.69, 9.17) is 0 Å². The number of hydrogen-bond acceptors (Lipinski definition) is 5. The minimum absolute atomic E-state index is 0.00292. The van der Waals surface area contributed by atoms with Gasteiger partial charge in [0.2, 0.25) is 5.82 Å². The molecule has 0 bridgehead atoms. The fourth-order valence-corrected chi connectivity index (χ4v) is 1.96. The summed E-state index contributed by atoms with van der Waals surface area (Å²) in [6.45, 7) is 4.47. The lowest BCUT2D eigenvalue weighted by molar-refractivity contribution is -0.384. The van der Waals surface area contributed by atoms with Crippen molar-refractivity contribution in [2.75, 3.05) is 18.0 Å². The first-order valence-corrected chi connectivity index (χ1v) is 5.53. The highest BCUT2D eigenvalue weighted by Crippen LogP contribution is 2.34. The molecule has 2 rings (SSSR count).